The average molecular weight is 357 g/mol. The van der Waals surface area contributed by atoms with Gasteiger partial charge in [0.2, 0.25) is 5.91 Å². The van der Waals surface area contributed by atoms with Crippen molar-refractivity contribution in [2.75, 3.05) is 20.8 Å². The van der Waals surface area contributed by atoms with Crippen LogP contribution in [0.4, 0.5) is 0 Å². The summed E-state index contributed by atoms with van der Waals surface area (Å²) < 4.78 is 10.5. The second-order valence-electron chi connectivity index (χ2n) is 5.94. The van der Waals surface area contributed by atoms with Gasteiger partial charge in [0.05, 0.1) is 20.1 Å². The molecule has 0 fully saturated rings. The van der Waals surface area contributed by atoms with Crippen LogP contribution in [0.3, 0.4) is 0 Å². The molecule has 1 atom stereocenters. The number of hydrogen-bond acceptors (Lipinski definition) is 4. The lowest BCUT2D eigenvalue weighted by Gasteiger charge is -2.25. The van der Waals surface area contributed by atoms with Crippen LogP contribution < -0.4 is 9.47 Å². The molecule has 1 amide bonds. The van der Waals surface area contributed by atoms with E-state index in [2.05, 4.69) is 0 Å². The highest BCUT2D eigenvalue weighted by Gasteiger charge is 2.24. The number of amides is 1. The van der Waals surface area contributed by atoms with Crippen LogP contribution >= 0.6 is 0 Å². The third-order valence-corrected chi connectivity index (χ3v) is 4.09. The normalized spacial score (nSPS) is 11.5. The van der Waals surface area contributed by atoms with Gasteiger partial charge in [-0.2, -0.15) is 0 Å². The maximum Gasteiger partial charge on any atom is 0.323 e. The molecule has 0 aromatic heterocycles. The molecular weight excluding hydrogens is 334 g/mol. The molecule has 0 spiro atoms. The van der Waals surface area contributed by atoms with Gasteiger partial charge in [-0.1, -0.05) is 30.3 Å². The van der Waals surface area contributed by atoms with Crippen LogP contribution in [0.2, 0.25) is 0 Å². The molecule has 0 heterocycles. The van der Waals surface area contributed by atoms with Gasteiger partial charge in [0.1, 0.15) is 18.0 Å². The van der Waals surface area contributed by atoms with E-state index in [-0.39, 0.29) is 19.0 Å². The summed E-state index contributed by atoms with van der Waals surface area (Å²) in [6.45, 7) is 1.55. The lowest BCUT2D eigenvalue weighted by Crippen LogP contribution is -2.37. The van der Waals surface area contributed by atoms with Crippen molar-refractivity contribution in [3.05, 3.63) is 59.7 Å². The van der Waals surface area contributed by atoms with Crippen LogP contribution in [-0.4, -0.2) is 42.6 Å². The van der Waals surface area contributed by atoms with E-state index in [0.717, 1.165) is 11.1 Å². The largest absolute Gasteiger partial charge is 0.497 e. The Labute approximate surface area is 153 Å². The Hall–Kier alpha value is -3.02. The molecule has 0 radical (unpaired) electrons. The summed E-state index contributed by atoms with van der Waals surface area (Å²) in [4.78, 5) is 25.5. The molecule has 0 saturated carbocycles. The number of benzene rings is 2. The molecule has 0 aliphatic carbocycles. The second kappa shape index (κ2) is 8.89. The Balaban J connectivity index is 2.27. The maximum atomic E-state index is 12.9. The molecule has 2 rings (SSSR count). The van der Waals surface area contributed by atoms with Crippen molar-refractivity contribution in [3.8, 4) is 11.5 Å². The fourth-order valence-corrected chi connectivity index (χ4v) is 2.71. The molecule has 6 nitrogen and oxygen atoms in total. The van der Waals surface area contributed by atoms with Crippen LogP contribution in [0, 0.1) is 0 Å². The summed E-state index contributed by atoms with van der Waals surface area (Å²) in [5.41, 5.74) is 1.58. The molecule has 26 heavy (non-hydrogen) atoms. The average Bonchev–Trinajstić information content (AvgIpc) is 2.66. The van der Waals surface area contributed by atoms with Gasteiger partial charge < -0.3 is 19.5 Å². The summed E-state index contributed by atoms with van der Waals surface area (Å²) in [6, 6.07) is 14.5. The SMILES string of the molecule is COc1cc(CN(CC(=O)O)C(=O)[C@@H](C)c2ccccc2)cc(OC)c1. The zero-order valence-corrected chi connectivity index (χ0v) is 15.1. The van der Waals surface area contributed by atoms with Gasteiger partial charge in [0.25, 0.3) is 0 Å². The fraction of sp³-hybridized carbons (Fsp3) is 0.300. The molecule has 138 valence electrons. The van der Waals surface area contributed by atoms with Gasteiger partial charge in [-0.25, -0.2) is 0 Å². The molecule has 1 N–H and O–H groups in total. The third kappa shape index (κ3) is 4.99. The van der Waals surface area contributed by atoms with Crippen molar-refractivity contribution in [2.45, 2.75) is 19.4 Å². The Morgan fingerprint density at radius 1 is 1.04 bits per heavy atom. The molecule has 0 bridgehead atoms. The van der Waals surface area contributed by atoms with Crippen molar-refractivity contribution < 1.29 is 24.2 Å². The molecular formula is C20H23NO5. The minimum atomic E-state index is -1.06. The van der Waals surface area contributed by atoms with E-state index >= 15 is 0 Å². The minimum Gasteiger partial charge on any atom is -0.497 e. The van der Waals surface area contributed by atoms with Gasteiger partial charge in [-0.15, -0.1) is 0 Å². The van der Waals surface area contributed by atoms with E-state index in [4.69, 9.17) is 9.47 Å². The maximum absolute atomic E-state index is 12.9. The lowest BCUT2D eigenvalue weighted by molar-refractivity contribution is -0.145. The van der Waals surface area contributed by atoms with Gasteiger partial charge >= 0.3 is 5.97 Å². The summed E-state index contributed by atoms with van der Waals surface area (Å²) in [5.74, 6) is -0.590. The Morgan fingerprint density at radius 2 is 1.62 bits per heavy atom. The molecule has 0 unspecified atom stereocenters. The predicted octanol–water partition coefficient (Wildman–Crippen LogP) is 2.92. The van der Waals surface area contributed by atoms with E-state index in [1.165, 1.54) is 19.1 Å². The first-order valence-corrected chi connectivity index (χ1v) is 8.22. The summed E-state index contributed by atoms with van der Waals surface area (Å²) in [6.07, 6.45) is 0. The Kier molecular flexibility index (Phi) is 6.60. The van der Waals surface area contributed by atoms with E-state index in [1.807, 2.05) is 30.3 Å². The number of aliphatic carboxylic acids is 1. The number of nitrogens with zero attached hydrogens (tertiary/aromatic N) is 1. The highest BCUT2D eigenvalue weighted by atomic mass is 16.5. The fourth-order valence-electron chi connectivity index (χ4n) is 2.71. The van der Waals surface area contributed by atoms with E-state index in [9.17, 15) is 14.7 Å². The number of carbonyl (C=O) groups excluding carboxylic acids is 1. The van der Waals surface area contributed by atoms with Gasteiger partial charge in [0.15, 0.2) is 0 Å². The summed E-state index contributed by atoms with van der Waals surface area (Å²) in [5, 5.41) is 9.22. The summed E-state index contributed by atoms with van der Waals surface area (Å²) >= 11 is 0. The second-order valence-corrected chi connectivity index (χ2v) is 5.94. The third-order valence-electron chi connectivity index (χ3n) is 4.09. The number of ether oxygens (including phenoxy) is 2. The highest BCUT2D eigenvalue weighted by Crippen LogP contribution is 2.25. The Morgan fingerprint density at radius 3 is 2.12 bits per heavy atom. The molecule has 2 aromatic rings. The topological polar surface area (TPSA) is 76.1 Å². The first-order valence-electron chi connectivity index (χ1n) is 8.22. The highest BCUT2D eigenvalue weighted by molar-refractivity contribution is 5.86. The van der Waals surface area contributed by atoms with Crippen molar-refractivity contribution in [2.24, 2.45) is 0 Å². The molecule has 0 aliphatic heterocycles. The smallest absolute Gasteiger partial charge is 0.323 e. The van der Waals surface area contributed by atoms with Crippen molar-refractivity contribution in [1.82, 2.24) is 4.90 Å². The van der Waals surface area contributed by atoms with Crippen LogP contribution in [0.25, 0.3) is 0 Å². The lowest BCUT2D eigenvalue weighted by atomic mass is 9.99. The molecule has 2 aromatic carbocycles. The van der Waals surface area contributed by atoms with Crippen LogP contribution in [0.5, 0.6) is 11.5 Å². The minimum absolute atomic E-state index is 0.149. The van der Waals surface area contributed by atoms with Crippen molar-refractivity contribution in [3.63, 3.8) is 0 Å². The van der Waals surface area contributed by atoms with E-state index in [0.29, 0.717) is 11.5 Å². The number of carbonyl (C=O) groups is 2. The van der Waals surface area contributed by atoms with Crippen LogP contribution in [0.15, 0.2) is 48.5 Å². The van der Waals surface area contributed by atoms with Crippen molar-refractivity contribution in [1.29, 1.82) is 0 Å². The van der Waals surface area contributed by atoms with Crippen LogP contribution in [0.1, 0.15) is 24.0 Å². The number of carboxylic acid groups (broad SMARTS) is 1. The van der Waals surface area contributed by atoms with E-state index in [1.54, 1.807) is 25.1 Å². The standard InChI is InChI=1S/C20H23NO5/c1-14(16-7-5-4-6-8-16)20(24)21(13-19(22)23)12-15-9-17(25-2)11-18(10-15)26-3/h4-11,14H,12-13H2,1-3H3,(H,22,23)/t14-/m0/s1. The molecule has 6 heteroatoms. The summed E-state index contributed by atoms with van der Waals surface area (Å²) in [7, 11) is 3.08. The number of carboxylic acids is 1. The quantitative estimate of drug-likeness (QED) is 0.786. The first kappa shape index (κ1) is 19.3. The first-order chi connectivity index (χ1) is 12.4. The molecule has 0 saturated heterocycles. The van der Waals surface area contributed by atoms with Gasteiger partial charge in [-0.3, -0.25) is 9.59 Å². The van der Waals surface area contributed by atoms with Crippen LogP contribution in [-0.2, 0) is 16.1 Å². The zero-order chi connectivity index (χ0) is 19.1. The van der Waals surface area contributed by atoms with Crippen molar-refractivity contribution >= 4 is 11.9 Å². The molecule has 0 aliphatic rings. The van der Waals surface area contributed by atoms with Gasteiger partial charge in [0, 0.05) is 12.6 Å². The number of rotatable bonds is 8. The Bertz CT molecular complexity index is 738. The number of hydrogen-bond donors (Lipinski definition) is 1. The zero-order valence-electron chi connectivity index (χ0n) is 15.1. The number of methoxy groups -OCH3 is 2. The van der Waals surface area contributed by atoms with Gasteiger partial charge in [-0.05, 0) is 30.2 Å². The van der Waals surface area contributed by atoms with E-state index < -0.39 is 11.9 Å². The monoisotopic (exact) mass is 357 g/mol. The predicted molar refractivity (Wildman–Crippen MR) is 97.5 cm³/mol.